The third-order valence-electron chi connectivity index (χ3n) is 3.59. The number of nitrogens with zero attached hydrogens (tertiary/aromatic N) is 1. The lowest BCUT2D eigenvalue weighted by Gasteiger charge is -1.99. The van der Waals surface area contributed by atoms with Gasteiger partial charge in [0.05, 0.1) is 12.8 Å². The fourth-order valence-corrected chi connectivity index (χ4v) is 2.37. The van der Waals surface area contributed by atoms with Crippen molar-refractivity contribution in [1.29, 1.82) is 0 Å². The Balaban J connectivity index is 1.90. The van der Waals surface area contributed by atoms with Gasteiger partial charge < -0.3 is 9.30 Å². The molecule has 3 rings (SSSR count). The maximum absolute atomic E-state index is 12.3. The van der Waals surface area contributed by atoms with Gasteiger partial charge >= 0.3 is 0 Å². The minimum absolute atomic E-state index is 0.186. The van der Waals surface area contributed by atoms with E-state index in [1.807, 2.05) is 66.2 Å². The van der Waals surface area contributed by atoms with Gasteiger partial charge in [-0.2, -0.15) is 0 Å². The number of para-hydroxylation sites is 1. The number of fused-ring (bicyclic) bond motifs is 1. The Morgan fingerprint density at radius 3 is 2.50 bits per heavy atom. The van der Waals surface area contributed by atoms with E-state index in [1.54, 1.807) is 7.11 Å². The van der Waals surface area contributed by atoms with Crippen molar-refractivity contribution in [3.8, 4) is 17.6 Å². The van der Waals surface area contributed by atoms with Crippen molar-refractivity contribution in [2.45, 2.75) is 0 Å². The number of hydrogen-bond donors (Lipinski definition) is 0. The number of ketones is 1. The molecule has 22 heavy (non-hydrogen) atoms. The molecule has 2 aromatic carbocycles. The lowest BCUT2D eigenvalue weighted by molar-refractivity contribution is 0.104. The highest BCUT2D eigenvalue weighted by Crippen LogP contribution is 2.18. The fourth-order valence-electron chi connectivity index (χ4n) is 2.37. The molecule has 1 aromatic heterocycles. The fraction of sp³-hybridized carbons (Fsp3) is 0.105. The molecule has 3 aromatic rings. The quantitative estimate of drug-likeness (QED) is 0.534. The Hall–Kier alpha value is -2.99. The normalized spacial score (nSPS) is 10.1. The van der Waals surface area contributed by atoms with Crippen molar-refractivity contribution in [1.82, 2.24) is 4.57 Å². The van der Waals surface area contributed by atoms with E-state index >= 15 is 0 Å². The molecule has 3 nitrogen and oxygen atoms in total. The van der Waals surface area contributed by atoms with Crippen LogP contribution >= 0.6 is 0 Å². The molecule has 0 radical (unpaired) electrons. The first-order valence-corrected chi connectivity index (χ1v) is 6.94. The molecule has 3 heteroatoms. The molecule has 0 saturated heterocycles. The first-order chi connectivity index (χ1) is 10.7. The third-order valence-corrected chi connectivity index (χ3v) is 3.59. The van der Waals surface area contributed by atoms with Gasteiger partial charge in [-0.1, -0.05) is 24.1 Å². The van der Waals surface area contributed by atoms with Crippen LogP contribution in [0.1, 0.15) is 16.1 Å². The average molecular weight is 289 g/mol. The van der Waals surface area contributed by atoms with Gasteiger partial charge in [-0.25, -0.2) is 0 Å². The molecule has 0 bridgehead atoms. The summed E-state index contributed by atoms with van der Waals surface area (Å²) >= 11 is 0. The summed E-state index contributed by atoms with van der Waals surface area (Å²) in [6.07, 6.45) is 0. The van der Waals surface area contributed by atoms with E-state index in [2.05, 4.69) is 11.8 Å². The van der Waals surface area contributed by atoms with Crippen molar-refractivity contribution in [3.05, 3.63) is 65.9 Å². The predicted octanol–water partition coefficient (Wildman–Crippen LogP) is 3.42. The van der Waals surface area contributed by atoms with E-state index < -0.39 is 0 Å². The van der Waals surface area contributed by atoms with Crippen LogP contribution in [0.3, 0.4) is 0 Å². The lowest BCUT2D eigenvalue weighted by atomic mass is 10.2. The van der Waals surface area contributed by atoms with Crippen LogP contribution in [-0.2, 0) is 7.05 Å². The molecule has 0 atom stereocenters. The van der Waals surface area contributed by atoms with E-state index in [1.165, 1.54) is 0 Å². The molecular weight excluding hydrogens is 274 g/mol. The Bertz CT molecular complexity index is 893. The number of aromatic nitrogens is 1. The van der Waals surface area contributed by atoms with Crippen LogP contribution in [0.2, 0.25) is 0 Å². The van der Waals surface area contributed by atoms with Gasteiger partial charge in [0, 0.05) is 23.5 Å². The minimum atomic E-state index is -0.186. The highest BCUT2D eigenvalue weighted by molar-refractivity contribution is 6.10. The summed E-state index contributed by atoms with van der Waals surface area (Å²) in [6.45, 7) is 0. The number of Topliss-reactive ketones (excluding diaryl/α,β-unsaturated/α-hetero) is 1. The smallest absolute Gasteiger partial charge is 0.252 e. The van der Waals surface area contributed by atoms with Crippen molar-refractivity contribution in [3.63, 3.8) is 0 Å². The molecule has 0 saturated carbocycles. The SMILES string of the molecule is COc1ccc(C#CC(=O)c2cc3ccccc3n2C)cc1. The molecule has 0 N–H and O–H groups in total. The molecule has 0 aliphatic rings. The van der Waals surface area contributed by atoms with E-state index in [9.17, 15) is 4.79 Å². The number of rotatable bonds is 2. The molecule has 108 valence electrons. The van der Waals surface area contributed by atoms with Gasteiger partial charge in [-0.05, 0) is 42.3 Å². The molecule has 0 amide bonds. The van der Waals surface area contributed by atoms with Crippen molar-refractivity contribution >= 4 is 16.7 Å². The summed E-state index contributed by atoms with van der Waals surface area (Å²) in [6, 6.07) is 17.1. The zero-order valence-corrected chi connectivity index (χ0v) is 12.5. The lowest BCUT2D eigenvalue weighted by Crippen LogP contribution is -2.03. The van der Waals surface area contributed by atoms with Crippen LogP contribution in [0, 0.1) is 11.8 Å². The van der Waals surface area contributed by atoms with E-state index in [0.717, 1.165) is 22.2 Å². The van der Waals surface area contributed by atoms with Crippen LogP contribution in [0.15, 0.2) is 54.6 Å². The van der Waals surface area contributed by atoms with Crippen molar-refractivity contribution in [2.24, 2.45) is 7.05 Å². The van der Waals surface area contributed by atoms with E-state index in [-0.39, 0.29) is 5.78 Å². The highest BCUT2D eigenvalue weighted by atomic mass is 16.5. The maximum Gasteiger partial charge on any atom is 0.252 e. The zero-order chi connectivity index (χ0) is 15.5. The van der Waals surface area contributed by atoms with Crippen LogP contribution in [0.25, 0.3) is 10.9 Å². The molecule has 0 fully saturated rings. The molecule has 0 spiro atoms. The van der Waals surface area contributed by atoms with Crippen molar-refractivity contribution < 1.29 is 9.53 Å². The predicted molar refractivity (Wildman–Crippen MR) is 87.1 cm³/mol. The van der Waals surface area contributed by atoms with Gasteiger partial charge in [0.2, 0.25) is 0 Å². The molecule has 0 aliphatic carbocycles. The zero-order valence-electron chi connectivity index (χ0n) is 12.5. The molecule has 0 aliphatic heterocycles. The number of hydrogen-bond acceptors (Lipinski definition) is 2. The second-order valence-corrected chi connectivity index (χ2v) is 4.96. The second kappa shape index (κ2) is 5.79. The van der Waals surface area contributed by atoms with Gasteiger partial charge in [0.15, 0.2) is 0 Å². The number of carbonyl (C=O) groups is 1. The summed E-state index contributed by atoms with van der Waals surface area (Å²) < 4.78 is 6.97. The molecule has 0 unspecified atom stereocenters. The Morgan fingerprint density at radius 1 is 1.09 bits per heavy atom. The van der Waals surface area contributed by atoms with E-state index in [0.29, 0.717) is 5.69 Å². The number of aryl methyl sites for hydroxylation is 1. The summed E-state index contributed by atoms with van der Waals surface area (Å²) in [4.78, 5) is 12.3. The van der Waals surface area contributed by atoms with Gasteiger partial charge in [0.25, 0.3) is 5.78 Å². The number of benzene rings is 2. The second-order valence-electron chi connectivity index (χ2n) is 4.96. The van der Waals surface area contributed by atoms with Gasteiger partial charge in [-0.3, -0.25) is 4.79 Å². The maximum atomic E-state index is 12.3. The summed E-state index contributed by atoms with van der Waals surface area (Å²) in [5.74, 6) is 6.18. The first-order valence-electron chi connectivity index (χ1n) is 6.94. The van der Waals surface area contributed by atoms with Gasteiger partial charge in [0.1, 0.15) is 5.75 Å². The van der Waals surface area contributed by atoms with Crippen LogP contribution < -0.4 is 4.74 Å². The summed E-state index contributed by atoms with van der Waals surface area (Å²) in [5.41, 5.74) is 2.41. The number of carbonyl (C=O) groups excluding carboxylic acids is 1. The Kier molecular flexibility index (Phi) is 3.67. The summed E-state index contributed by atoms with van der Waals surface area (Å²) in [7, 11) is 3.49. The number of ether oxygens (including phenoxy) is 1. The van der Waals surface area contributed by atoms with Crippen molar-refractivity contribution in [2.75, 3.05) is 7.11 Å². The van der Waals surface area contributed by atoms with E-state index in [4.69, 9.17) is 4.74 Å². The molecule has 1 heterocycles. The van der Waals surface area contributed by atoms with Crippen LogP contribution in [-0.4, -0.2) is 17.5 Å². The van der Waals surface area contributed by atoms with Crippen LogP contribution in [0.5, 0.6) is 5.75 Å². The third kappa shape index (κ3) is 2.59. The highest BCUT2D eigenvalue weighted by Gasteiger charge is 2.10. The Labute approximate surface area is 129 Å². The monoisotopic (exact) mass is 289 g/mol. The summed E-state index contributed by atoms with van der Waals surface area (Å²) in [5, 5.41) is 1.04. The van der Waals surface area contributed by atoms with Gasteiger partial charge in [-0.15, -0.1) is 0 Å². The largest absolute Gasteiger partial charge is 0.497 e. The first kappa shape index (κ1) is 14.0. The van der Waals surface area contributed by atoms with Crippen LogP contribution in [0.4, 0.5) is 0 Å². The standard InChI is InChI=1S/C19H15NO2/c1-20-17-6-4-3-5-15(17)13-18(20)19(21)12-9-14-7-10-16(22-2)11-8-14/h3-8,10-11,13H,1-2H3. The Morgan fingerprint density at radius 2 is 1.82 bits per heavy atom. The topological polar surface area (TPSA) is 31.2 Å². The number of methoxy groups -OCH3 is 1. The average Bonchev–Trinajstić information content (AvgIpc) is 2.90. The molecular formula is C19H15NO2. The minimum Gasteiger partial charge on any atom is -0.497 e.